The molecule has 4 nitrogen and oxygen atoms in total. The minimum Gasteiger partial charge on any atom is -0.371 e. The lowest BCUT2D eigenvalue weighted by Crippen LogP contribution is -2.54. The highest BCUT2D eigenvalue weighted by Crippen LogP contribution is 2.20. The largest absolute Gasteiger partial charge is 0.371 e. The van der Waals surface area contributed by atoms with Crippen LogP contribution in [0.5, 0.6) is 0 Å². The number of carbonyl (C=O) groups is 1. The molecule has 20 heavy (non-hydrogen) atoms. The Morgan fingerprint density at radius 2 is 1.85 bits per heavy atom. The Morgan fingerprint density at radius 1 is 1.10 bits per heavy atom. The Morgan fingerprint density at radius 3 is 2.55 bits per heavy atom. The third kappa shape index (κ3) is 3.12. The fourth-order valence-corrected chi connectivity index (χ4v) is 3.16. The van der Waals surface area contributed by atoms with E-state index in [0.29, 0.717) is 6.04 Å². The van der Waals surface area contributed by atoms with E-state index in [0.717, 1.165) is 45.3 Å². The van der Waals surface area contributed by atoms with Crippen molar-refractivity contribution in [3.05, 3.63) is 30.3 Å². The standard InChI is InChI=1S/C16H23N3O/c20-16-15(7-4-10-17-16)18-13-8-11-19(12-9-13)14-5-2-1-3-6-14/h1-3,5-6,13,15,18H,4,7-12H2,(H,17,20). The van der Waals surface area contributed by atoms with Gasteiger partial charge in [0.05, 0.1) is 6.04 Å². The van der Waals surface area contributed by atoms with Crippen LogP contribution in [-0.4, -0.2) is 37.6 Å². The molecule has 2 saturated heterocycles. The summed E-state index contributed by atoms with van der Waals surface area (Å²) >= 11 is 0. The van der Waals surface area contributed by atoms with Crippen LogP contribution >= 0.6 is 0 Å². The zero-order chi connectivity index (χ0) is 13.8. The first-order valence-electron chi connectivity index (χ1n) is 7.67. The number of amides is 1. The second-order valence-electron chi connectivity index (χ2n) is 5.75. The number of piperidine rings is 2. The summed E-state index contributed by atoms with van der Waals surface area (Å²) in [5.74, 6) is 0.182. The third-order valence-electron chi connectivity index (χ3n) is 4.34. The van der Waals surface area contributed by atoms with Gasteiger partial charge in [0.1, 0.15) is 0 Å². The number of carbonyl (C=O) groups excluding carboxylic acids is 1. The quantitative estimate of drug-likeness (QED) is 0.878. The normalized spacial score (nSPS) is 24.5. The molecule has 0 bridgehead atoms. The maximum atomic E-state index is 11.8. The molecule has 1 aromatic rings. The van der Waals surface area contributed by atoms with Gasteiger partial charge in [-0.05, 0) is 37.8 Å². The Balaban J connectivity index is 1.50. The van der Waals surface area contributed by atoms with Crippen molar-refractivity contribution in [2.75, 3.05) is 24.5 Å². The van der Waals surface area contributed by atoms with Gasteiger partial charge in [-0.1, -0.05) is 18.2 Å². The summed E-state index contributed by atoms with van der Waals surface area (Å²) in [6, 6.07) is 11.1. The molecule has 108 valence electrons. The summed E-state index contributed by atoms with van der Waals surface area (Å²) < 4.78 is 0. The van der Waals surface area contributed by atoms with Crippen LogP contribution < -0.4 is 15.5 Å². The summed E-state index contributed by atoms with van der Waals surface area (Å²) in [4.78, 5) is 14.2. The van der Waals surface area contributed by atoms with Gasteiger partial charge in [-0.15, -0.1) is 0 Å². The first-order chi connectivity index (χ1) is 9.83. The van der Waals surface area contributed by atoms with E-state index in [1.54, 1.807) is 0 Å². The fraction of sp³-hybridized carbons (Fsp3) is 0.562. The zero-order valence-corrected chi connectivity index (χ0v) is 11.8. The van der Waals surface area contributed by atoms with Gasteiger partial charge >= 0.3 is 0 Å². The lowest BCUT2D eigenvalue weighted by Gasteiger charge is -2.36. The van der Waals surface area contributed by atoms with Crippen molar-refractivity contribution in [1.29, 1.82) is 0 Å². The first kappa shape index (κ1) is 13.4. The monoisotopic (exact) mass is 273 g/mol. The molecule has 2 heterocycles. The van der Waals surface area contributed by atoms with Crippen LogP contribution in [0.2, 0.25) is 0 Å². The van der Waals surface area contributed by atoms with Crippen molar-refractivity contribution in [3.8, 4) is 0 Å². The van der Waals surface area contributed by atoms with E-state index in [2.05, 4.69) is 45.9 Å². The molecule has 2 aliphatic rings. The van der Waals surface area contributed by atoms with Gasteiger partial charge in [0.2, 0.25) is 5.91 Å². The smallest absolute Gasteiger partial charge is 0.237 e. The highest BCUT2D eigenvalue weighted by atomic mass is 16.2. The molecule has 4 heteroatoms. The zero-order valence-electron chi connectivity index (χ0n) is 11.8. The van der Waals surface area contributed by atoms with Crippen LogP contribution in [0.4, 0.5) is 5.69 Å². The van der Waals surface area contributed by atoms with Crippen LogP contribution in [0.1, 0.15) is 25.7 Å². The van der Waals surface area contributed by atoms with E-state index in [9.17, 15) is 4.79 Å². The average Bonchev–Trinajstić information content (AvgIpc) is 2.51. The Labute approximate surface area is 120 Å². The van der Waals surface area contributed by atoms with Crippen LogP contribution in [0, 0.1) is 0 Å². The van der Waals surface area contributed by atoms with Gasteiger partial charge in [0.15, 0.2) is 0 Å². The molecule has 2 fully saturated rings. The first-order valence-corrected chi connectivity index (χ1v) is 7.67. The summed E-state index contributed by atoms with van der Waals surface area (Å²) in [6.45, 7) is 2.97. The molecular weight excluding hydrogens is 250 g/mol. The summed E-state index contributed by atoms with van der Waals surface area (Å²) in [5.41, 5.74) is 1.31. The SMILES string of the molecule is O=C1NCCCC1NC1CCN(c2ccccc2)CC1. The minimum atomic E-state index is 0.0250. The maximum Gasteiger partial charge on any atom is 0.237 e. The molecule has 0 saturated carbocycles. The van der Waals surface area contributed by atoms with Gasteiger partial charge in [-0.25, -0.2) is 0 Å². The molecule has 2 N–H and O–H groups in total. The lowest BCUT2D eigenvalue weighted by atomic mass is 10.00. The molecule has 2 aliphatic heterocycles. The van der Waals surface area contributed by atoms with E-state index in [1.165, 1.54) is 5.69 Å². The molecule has 0 spiro atoms. The van der Waals surface area contributed by atoms with Crippen molar-refractivity contribution in [1.82, 2.24) is 10.6 Å². The van der Waals surface area contributed by atoms with Gasteiger partial charge in [-0.2, -0.15) is 0 Å². The van der Waals surface area contributed by atoms with Crippen molar-refractivity contribution in [2.24, 2.45) is 0 Å². The molecule has 0 radical (unpaired) electrons. The van der Waals surface area contributed by atoms with Crippen molar-refractivity contribution >= 4 is 11.6 Å². The van der Waals surface area contributed by atoms with Gasteiger partial charge in [0, 0.05) is 31.4 Å². The predicted octanol–water partition coefficient (Wildman–Crippen LogP) is 1.52. The molecule has 0 aliphatic carbocycles. The molecule has 1 aromatic carbocycles. The second kappa shape index (κ2) is 6.27. The average molecular weight is 273 g/mol. The van der Waals surface area contributed by atoms with Crippen LogP contribution in [0.3, 0.4) is 0 Å². The summed E-state index contributed by atoms with van der Waals surface area (Å²) in [7, 11) is 0. The van der Waals surface area contributed by atoms with Crippen LogP contribution in [-0.2, 0) is 4.79 Å². The number of nitrogens with zero attached hydrogens (tertiary/aromatic N) is 1. The van der Waals surface area contributed by atoms with Crippen molar-refractivity contribution < 1.29 is 4.79 Å². The van der Waals surface area contributed by atoms with Crippen LogP contribution in [0.25, 0.3) is 0 Å². The predicted molar refractivity (Wildman–Crippen MR) is 80.8 cm³/mol. The number of hydrogen-bond acceptors (Lipinski definition) is 3. The number of nitrogens with one attached hydrogen (secondary N) is 2. The number of benzene rings is 1. The van der Waals surface area contributed by atoms with Gasteiger partial charge in [-0.3, -0.25) is 4.79 Å². The molecule has 0 aromatic heterocycles. The van der Waals surface area contributed by atoms with Crippen molar-refractivity contribution in [3.63, 3.8) is 0 Å². The Bertz CT molecular complexity index is 440. The van der Waals surface area contributed by atoms with Gasteiger partial charge in [0.25, 0.3) is 0 Å². The molecule has 3 rings (SSSR count). The topological polar surface area (TPSA) is 44.4 Å². The second-order valence-corrected chi connectivity index (χ2v) is 5.75. The Kier molecular flexibility index (Phi) is 4.21. The van der Waals surface area contributed by atoms with Gasteiger partial charge < -0.3 is 15.5 Å². The maximum absolute atomic E-state index is 11.8. The molecule has 1 amide bonds. The highest BCUT2D eigenvalue weighted by Gasteiger charge is 2.26. The van der Waals surface area contributed by atoms with Crippen LogP contribution in [0.15, 0.2) is 30.3 Å². The van der Waals surface area contributed by atoms with Crippen molar-refractivity contribution in [2.45, 2.75) is 37.8 Å². The molecule has 1 atom stereocenters. The fourth-order valence-electron chi connectivity index (χ4n) is 3.16. The van der Waals surface area contributed by atoms with E-state index >= 15 is 0 Å². The number of anilines is 1. The highest BCUT2D eigenvalue weighted by molar-refractivity contribution is 5.82. The number of hydrogen-bond donors (Lipinski definition) is 2. The third-order valence-corrected chi connectivity index (χ3v) is 4.34. The van der Waals surface area contributed by atoms with E-state index < -0.39 is 0 Å². The van der Waals surface area contributed by atoms with E-state index in [1.807, 2.05) is 0 Å². The van der Waals surface area contributed by atoms with E-state index in [4.69, 9.17) is 0 Å². The number of para-hydroxylation sites is 1. The summed E-state index contributed by atoms with van der Waals surface area (Å²) in [5, 5.41) is 6.49. The molecular formula is C16H23N3O. The lowest BCUT2D eigenvalue weighted by molar-refractivity contribution is -0.124. The Hall–Kier alpha value is -1.55. The molecule has 1 unspecified atom stereocenters. The minimum absolute atomic E-state index is 0.0250. The number of rotatable bonds is 3. The summed E-state index contributed by atoms with van der Waals surface area (Å²) in [6.07, 6.45) is 4.29. The van der Waals surface area contributed by atoms with E-state index in [-0.39, 0.29) is 11.9 Å².